The van der Waals surface area contributed by atoms with E-state index in [-0.39, 0.29) is 16.2 Å². The zero-order valence-electron chi connectivity index (χ0n) is 20.3. The van der Waals surface area contributed by atoms with Gasteiger partial charge in [0.25, 0.3) is 11.7 Å². The summed E-state index contributed by atoms with van der Waals surface area (Å²) < 4.78 is 16.3. The molecule has 0 radical (unpaired) electrons. The molecule has 1 unspecified atom stereocenters. The molecule has 1 N–H and O–H groups in total. The summed E-state index contributed by atoms with van der Waals surface area (Å²) in [4.78, 5) is 28.1. The predicted octanol–water partition coefficient (Wildman–Crippen LogP) is 5.25. The van der Waals surface area contributed by atoms with Gasteiger partial charge in [-0.05, 0) is 67.1 Å². The van der Waals surface area contributed by atoms with Gasteiger partial charge in [-0.2, -0.15) is 5.26 Å². The first kappa shape index (κ1) is 25.6. The number of nitriles is 1. The summed E-state index contributed by atoms with van der Waals surface area (Å²) in [5, 5.41) is 20.8. The number of amides is 1. The number of methoxy groups -OCH3 is 2. The second kappa shape index (κ2) is 10.6. The third kappa shape index (κ3) is 4.69. The predicted molar refractivity (Wildman–Crippen MR) is 138 cm³/mol. The Balaban J connectivity index is 1.98. The number of ketones is 1. The summed E-state index contributed by atoms with van der Waals surface area (Å²) in [6, 6.07) is 16.9. The molecule has 1 aliphatic heterocycles. The van der Waals surface area contributed by atoms with Crippen LogP contribution in [0.25, 0.3) is 5.76 Å². The highest BCUT2D eigenvalue weighted by atomic mass is 35.5. The van der Waals surface area contributed by atoms with Crippen LogP contribution < -0.4 is 19.1 Å². The number of aliphatic hydroxyl groups excluding tert-OH is 1. The molecule has 1 heterocycles. The van der Waals surface area contributed by atoms with Crippen LogP contribution in [-0.2, 0) is 9.59 Å². The summed E-state index contributed by atoms with van der Waals surface area (Å²) in [7, 11) is 2.96. The molecular formula is C28H23ClN2O6. The molecule has 0 aromatic heterocycles. The van der Waals surface area contributed by atoms with Crippen molar-refractivity contribution in [1.29, 1.82) is 5.26 Å². The van der Waals surface area contributed by atoms with E-state index in [2.05, 4.69) is 0 Å². The summed E-state index contributed by atoms with van der Waals surface area (Å²) in [6.07, 6.45) is 0. The summed E-state index contributed by atoms with van der Waals surface area (Å²) >= 11 is 6.39. The molecule has 0 saturated carbocycles. The first-order chi connectivity index (χ1) is 17.8. The Labute approximate surface area is 218 Å². The van der Waals surface area contributed by atoms with Crippen LogP contribution in [0.5, 0.6) is 17.2 Å². The van der Waals surface area contributed by atoms with Gasteiger partial charge >= 0.3 is 0 Å². The molecule has 8 nitrogen and oxygen atoms in total. The number of Topliss-reactive ketones (excluding diaryl/α,β-unsaturated/α-hetero) is 1. The smallest absolute Gasteiger partial charge is 0.300 e. The fourth-order valence-electron chi connectivity index (χ4n) is 4.22. The van der Waals surface area contributed by atoms with Gasteiger partial charge in [-0.15, -0.1) is 0 Å². The van der Waals surface area contributed by atoms with Gasteiger partial charge in [0.2, 0.25) is 0 Å². The largest absolute Gasteiger partial charge is 0.507 e. The summed E-state index contributed by atoms with van der Waals surface area (Å²) in [5.41, 5.74) is 1.24. The van der Waals surface area contributed by atoms with Crippen molar-refractivity contribution in [1.82, 2.24) is 0 Å². The molecule has 188 valence electrons. The highest BCUT2D eigenvalue weighted by molar-refractivity contribution is 6.52. The zero-order valence-corrected chi connectivity index (χ0v) is 21.1. The Hall–Kier alpha value is -4.48. The molecule has 0 bridgehead atoms. The van der Waals surface area contributed by atoms with Crippen molar-refractivity contribution in [3.8, 4) is 23.3 Å². The molecule has 9 heteroatoms. The molecule has 0 spiro atoms. The monoisotopic (exact) mass is 518 g/mol. The SMILES string of the molecule is CCOc1ccc(Cl)c(/C(O)=C2\C(=O)C(=O)N(c3ccc(C#N)cc3)C2c2ccc(OC)c(OC)c2)c1. The number of hydrogen-bond donors (Lipinski definition) is 1. The molecule has 3 aromatic carbocycles. The standard InChI is InChI=1S/C28H23ClN2O6/c1-4-37-19-10-11-21(29)20(14-19)26(32)24-25(17-7-12-22(35-2)23(13-17)36-3)31(28(34)27(24)33)18-8-5-16(15-30)6-9-18/h5-14,25,32H,4H2,1-3H3/b26-24+. The van der Waals surface area contributed by atoms with Crippen LogP contribution in [0.1, 0.15) is 29.7 Å². The van der Waals surface area contributed by atoms with Crippen molar-refractivity contribution in [2.75, 3.05) is 25.7 Å². The maximum absolute atomic E-state index is 13.4. The molecule has 3 aromatic rings. The fraction of sp³-hybridized carbons (Fsp3) is 0.179. The number of rotatable bonds is 7. The summed E-state index contributed by atoms with van der Waals surface area (Å²) in [6.45, 7) is 2.20. The Bertz CT molecular complexity index is 1440. The van der Waals surface area contributed by atoms with Gasteiger partial charge in [0.05, 0.1) is 49.1 Å². The summed E-state index contributed by atoms with van der Waals surface area (Å²) in [5.74, 6) is -0.906. The Morgan fingerprint density at radius 3 is 2.35 bits per heavy atom. The van der Waals surface area contributed by atoms with Crippen LogP contribution in [0.3, 0.4) is 0 Å². The van der Waals surface area contributed by atoms with Crippen LogP contribution in [-0.4, -0.2) is 37.6 Å². The topological polar surface area (TPSA) is 109 Å². The minimum Gasteiger partial charge on any atom is -0.507 e. The molecule has 1 atom stereocenters. The van der Waals surface area contributed by atoms with Crippen molar-refractivity contribution in [3.63, 3.8) is 0 Å². The second-order valence-electron chi connectivity index (χ2n) is 8.02. The lowest BCUT2D eigenvalue weighted by Gasteiger charge is -2.26. The molecule has 1 aliphatic rings. The van der Waals surface area contributed by atoms with Gasteiger partial charge in [-0.25, -0.2) is 0 Å². The Morgan fingerprint density at radius 2 is 1.73 bits per heavy atom. The highest BCUT2D eigenvalue weighted by Crippen LogP contribution is 2.45. The van der Waals surface area contributed by atoms with Crippen LogP contribution in [0.15, 0.2) is 66.2 Å². The van der Waals surface area contributed by atoms with Crippen LogP contribution >= 0.6 is 11.6 Å². The first-order valence-corrected chi connectivity index (χ1v) is 11.7. The number of ether oxygens (including phenoxy) is 3. The number of carbonyl (C=O) groups is 2. The molecule has 1 fully saturated rings. The quantitative estimate of drug-likeness (QED) is 0.258. The zero-order chi connectivity index (χ0) is 26.7. The van der Waals surface area contributed by atoms with Crippen molar-refractivity contribution >= 4 is 34.7 Å². The number of hydrogen-bond acceptors (Lipinski definition) is 7. The third-order valence-electron chi connectivity index (χ3n) is 5.95. The molecule has 1 saturated heterocycles. The van der Waals surface area contributed by atoms with Gasteiger partial charge in [-0.1, -0.05) is 17.7 Å². The molecular weight excluding hydrogens is 496 g/mol. The van der Waals surface area contributed by atoms with E-state index in [9.17, 15) is 20.0 Å². The molecule has 37 heavy (non-hydrogen) atoms. The first-order valence-electron chi connectivity index (χ1n) is 11.3. The molecule has 1 amide bonds. The van der Waals surface area contributed by atoms with Crippen LogP contribution in [0, 0.1) is 11.3 Å². The number of nitrogens with zero attached hydrogens (tertiary/aromatic N) is 2. The van der Waals surface area contributed by atoms with E-state index in [1.165, 1.54) is 25.2 Å². The van der Waals surface area contributed by atoms with E-state index in [1.807, 2.05) is 13.0 Å². The minimum absolute atomic E-state index is 0.149. The molecule has 4 rings (SSSR count). The average molecular weight is 519 g/mol. The Morgan fingerprint density at radius 1 is 1.03 bits per heavy atom. The van der Waals surface area contributed by atoms with Crippen LogP contribution in [0.2, 0.25) is 5.02 Å². The molecule has 0 aliphatic carbocycles. The number of anilines is 1. The van der Waals surface area contributed by atoms with Crippen molar-refractivity contribution in [3.05, 3.63) is 87.9 Å². The third-order valence-corrected chi connectivity index (χ3v) is 6.28. The number of carbonyl (C=O) groups excluding carboxylic acids is 2. The van der Waals surface area contributed by atoms with Crippen molar-refractivity contribution in [2.24, 2.45) is 0 Å². The van der Waals surface area contributed by atoms with E-state index >= 15 is 0 Å². The van der Waals surface area contributed by atoms with Crippen molar-refractivity contribution < 1.29 is 28.9 Å². The van der Waals surface area contributed by atoms with Crippen molar-refractivity contribution in [2.45, 2.75) is 13.0 Å². The normalized spacial score (nSPS) is 16.4. The lowest BCUT2D eigenvalue weighted by molar-refractivity contribution is -0.132. The Kier molecular flexibility index (Phi) is 7.37. The van der Waals surface area contributed by atoms with E-state index in [1.54, 1.807) is 54.6 Å². The van der Waals surface area contributed by atoms with Gasteiger partial charge in [-0.3, -0.25) is 14.5 Å². The second-order valence-corrected chi connectivity index (χ2v) is 8.42. The maximum atomic E-state index is 13.4. The van der Waals surface area contributed by atoms with E-state index in [0.717, 1.165) is 0 Å². The number of aliphatic hydroxyl groups is 1. The van der Waals surface area contributed by atoms with Gasteiger partial charge < -0.3 is 19.3 Å². The van der Waals surface area contributed by atoms with Crippen LogP contribution in [0.4, 0.5) is 5.69 Å². The average Bonchev–Trinajstić information content (AvgIpc) is 3.19. The van der Waals surface area contributed by atoms with E-state index in [0.29, 0.717) is 40.7 Å². The lowest BCUT2D eigenvalue weighted by atomic mass is 9.94. The fourth-order valence-corrected chi connectivity index (χ4v) is 4.43. The lowest BCUT2D eigenvalue weighted by Crippen LogP contribution is -2.29. The minimum atomic E-state index is -1.03. The number of halogens is 1. The van der Waals surface area contributed by atoms with E-state index in [4.69, 9.17) is 25.8 Å². The van der Waals surface area contributed by atoms with Gasteiger partial charge in [0.1, 0.15) is 11.5 Å². The van der Waals surface area contributed by atoms with Gasteiger partial charge in [0, 0.05) is 11.3 Å². The highest BCUT2D eigenvalue weighted by Gasteiger charge is 2.47. The number of benzene rings is 3. The van der Waals surface area contributed by atoms with E-state index < -0.39 is 23.5 Å². The van der Waals surface area contributed by atoms with Gasteiger partial charge in [0.15, 0.2) is 11.5 Å². The maximum Gasteiger partial charge on any atom is 0.300 e.